The van der Waals surface area contributed by atoms with Crippen LogP contribution in [0.15, 0.2) is 30.5 Å². The van der Waals surface area contributed by atoms with Crippen molar-refractivity contribution in [3.05, 3.63) is 47.2 Å². The fourth-order valence-corrected chi connectivity index (χ4v) is 2.70. The van der Waals surface area contributed by atoms with Gasteiger partial charge in [0.1, 0.15) is 5.75 Å². The molecule has 1 N–H and O–H groups in total. The third-order valence-corrected chi connectivity index (χ3v) is 3.84. The van der Waals surface area contributed by atoms with Crippen molar-refractivity contribution in [1.29, 1.82) is 0 Å². The van der Waals surface area contributed by atoms with E-state index in [1.54, 1.807) is 14.0 Å². The number of hydrogen-bond donors (Lipinski definition) is 1. The first kappa shape index (κ1) is 18.9. The number of esters is 1. The van der Waals surface area contributed by atoms with Gasteiger partial charge in [0.15, 0.2) is 0 Å². The average Bonchev–Trinajstić information content (AvgIpc) is 2.60. The predicted molar refractivity (Wildman–Crippen MR) is 98.7 cm³/mol. The molecule has 134 valence electrons. The van der Waals surface area contributed by atoms with Crippen molar-refractivity contribution < 1.29 is 14.3 Å². The Morgan fingerprint density at radius 1 is 1.24 bits per heavy atom. The summed E-state index contributed by atoms with van der Waals surface area (Å²) in [5.74, 6) is 0.505. The van der Waals surface area contributed by atoms with Crippen LogP contribution in [0.5, 0.6) is 5.75 Å². The Morgan fingerprint density at radius 2 is 2.04 bits per heavy atom. The number of methoxy groups -OCH3 is 1. The highest BCUT2D eigenvalue weighted by atomic mass is 16.5. The SMILES string of the molecule is CCNCc1cc(C)cnc1-c1cc(CC(=O)OCC)ccc1OC. The van der Waals surface area contributed by atoms with E-state index in [1.165, 1.54) is 0 Å². The van der Waals surface area contributed by atoms with Gasteiger partial charge in [0.2, 0.25) is 0 Å². The van der Waals surface area contributed by atoms with Gasteiger partial charge in [-0.05, 0) is 49.2 Å². The van der Waals surface area contributed by atoms with E-state index in [0.717, 1.165) is 46.8 Å². The molecule has 0 saturated heterocycles. The molecule has 5 heteroatoms. The summed E-state index contributed by atoms with van der Waals surface area (Å²) in [4.78, 5) is 16.4. The highest BCUT2D eigenvalue weighted by Gasteiger charge is 2.14. The number of nitrogens with zero attached hydrogens (tertiary/aromatic N) is 1. The molecule has 0 unspecified atom stereocenters. The number of hydrogen-bond acceptors (Lipinski definition) is 5. The lowest BCUT2D eigenvalue weighted by molar-refractivity contribution is -0.142. The largest absolute Gasteiger partial charge is 0.496 e. The molecule has 0 radical (unpaired) electrons. The lowest BCUT2D eigenvalue weighted by Crippen LogP contribution is -2.13. The standard InChI is InChI=1S/C20H26N2O3/c1-5-21-13-16-9-14(3)12-22-20(16)17-10-15(7-8-18(17)24-4)11-19(23)25-6-2/h7-10,12,21H,5-6,11,13H2,1-4H3. The number of nitrogens with one attached hydrogen (secondary N) is 1. The van der Waals surface area contributed by atoms with E-state index in [0.29, 0.717) is 6.61 Å². The molecule has 2 rings (SSSR count). The van der Waals surface area contributed by atoms with Crippen LogP contribution in [0.3, 0.4) is 0 Å². The van der Waals surface area contributed by atoms with Crippen molar-refractivity contribution in [3.8, 4) is 17.0 Å². The van der Waals surface area contributed by atoms with Crippen LogP contribution in [0.1, 0.15) is 30.5 Å². The minimum Gasteiger partial charge on any atom is -0.496 e. The molecule has 0 spiro atoms. The van der Waals surface area contributed by atoms with Gasteiger partial charge in [-0.3, -0.25) is 9.78 Å². The van der Waals surface area contributed by atoms with Crippen molar-refractivity contribution in [2.45, 2.75) is 33.7 Å². The van der Waals surface area contributed by atoms with E-state index in [2.05, 4.69) is 23.3 Å². The molecular formula is C20H26N2O3. The lowest BCUT2D eigenvalue weighted by atomic mass is 10.00. The maximum atomic E-state index is 11.8. The van der Waals surface area contributed by atoms with Gasteiger partial charge in [-0.25, -0.2) is 0 Å². The highest BCUT2D eigenvalue weighted by Crippen LogP contribution is 2.32. The van der Waals surface area contributed by atoms with Gasteiger partial charge in [0.05, 0.1) is 25.8 Å². The summed E-state index contributed by atoms with van der Waals surface area (Å²) >= 11 is 0. The summed E-state index contributed by atoms with van der Waals surface area (Å²) in [6.07, 6.45) is 2.08. The third kappa shape index (κ3) is 5.03. The van der Waals surface area contributed by atoms with Crippen LogP contribution in [-0.4, -0.2) is 31.2 Å². The Balaban J connectivity index is 2.44. The van der Waals surface area contributed by atoms with Crippen molar-refractivity contribution >= 4 is 5.97 Å². The van der Waals surface area contributed by atoms with Crippen LogP contribution in [0.25, 0.3) is 11.3 Å². The molecule has 1 heterocycles. The first-order valence-electron chi connectivity index (χ1n) is 8.58. The van der Waals surface area contributed by atoms with E-state index in [9.17, 15) is 4.79 Å². The van der Waals surface area contributed by atoms with Gasteiger partial charge >= 0.3 is 5.97 Å². The molecule has 0 aliphatic rings. The summed E-state index contributed by atoms with van der Waals surface area (Å²) in [5.41, 5.74) is 4.85. The molecule has 25 heavy (non-hydrogen) atoms. The molecular weight excluding hydrogens is 316 g/mol. The molecule has 0 fully saturated rings. The highest BCUT2D eigenvalue weighted by molar-refractivity contribution is 5.76. The fraction of sp³-hybridized carbons (Fsp3) is 0.400. The van der Waals surface area contributed by atoms with Gasteiger partial charge in [-0.15, -0.1) is 0 Å². The summed E-state index contributed by atoms with van der Waals surface area (Å²) < 4.78 is 10.6. The van der Waals surface area contributed by atoms with Gasteiger partial charge in [-0.2, -0.15) is 0 Å². The van der Waals surface area contributed by atoms with Crippen LogP contribution in [0.2, 0.25) is 0 Å². The summed E-state index contributed by atoms with van der Waals surface area (Å²) in [6.45, 7) is 7.90. The Labute approximate surface area is 149 Å². The number of aromatic nitrogens is 1. The quantitative estimate of drug-likeness (QED) is 0.746. The number of pyridine rings is 1. The minimum absolute atomic E-state index is 0.233. The van der Waals surface area contributed by atoms with Crippen molar-refractivity contribution in [2.75, 3.05) is 20.3 Å². The monoisotopic (exact) mass is 342 g/mol. The number of benzene rings is 1. The summed E-state index contributed by atoms with van der Waals surface area (Å²) in [6, 6.07) is 7.85. The average molecular weight is 342 g/mol. The first-order valence-corrected chi connectivity index (χ1v) is 8.58. The number of rotatable bonds is 8. The number of aryl methyl sites for hydroxylation is 1. The normalized spacial score (nSPS) is 10.6. The third-order valence-electron chi connectivity index (χ3n) is 3.84. The smallest absolute Gasteiger partial charge is 0.310 e. The Morgan fingerprint density at radius 3 is 2.72 bits per heavy atom. The first-order chi connectivity index (χ1) is 12.1. The summed E-state index contributed by atoms with van der Waals surface area (Å²) in [7, 11) is 1.64. The van der Waals surface area contributed by atoms with Crippen LogP contribution in [0, 0.1) is 6.92 Å². The minimum atomic E-state index is -0.233. The van der Waals surface area contributed by atoms with E-state index in [1.807, 2.05) is 31.3 Å². The second-order valence-electron chi connectivity index (χ2n) is 5.82. The Hall–Kier alpha value is -2.40. The molecule has 0 bridgehead atoms. The molecule has 5 nitrogen and oxygen atoms in total. The zero-order valence-corrected chi connectivity index (χ0v) is 15.4. The van der Waals surface area contributed by atoms with Crippen molar-refractivity contribution in [3.63, 3.8) is 0 Å². The van der Waals surface area contributed by atoms with E-state index >= 15 is 0 Å². The number of carbonyl (C=O) groups excluding carboxylic acids is 1. The van der Waals surface area contributed by atoms with Crippen LogP contribution >= 0.6 is 0 Å². The van der Waals surface area contributed by atoms with Crippen molar-refractivity contribution in [2.24, 2.45) is 0 Å². The van der Waals surface area contributed by atoms with Crippen molar-refractivity contribution in [1.82, 2.24) is 10.3 Å². The van der Waals surface area contributed by atoms with Crippen LogP contribution < -0.4 is 10.1 Å². The molecule has 2 aromatic rings. The van der Waals surface area contributed by atoms with Gasteiger partial charge < -0.3 is 14.8 Å². The molecule has 0 aliphatic carbocycles. The molecule has 0 atom stereocenters. The van der Waals surface area contributed by atoms with Crippen LogP contribution in [0.4, 0.5) is 0 Å². The predicted octanol–water partition coefficient (Wildman–Crippen LogP) is 3.28. The van der Waals surface area contributed by atoms with Gasteiger partial charge in [0.25, 0.3) is 0 Å². The molecule has 0 aliphatic heterocycles. The molecule has 1 aromatic carbocycles. The Kier molecular flexibility index (Phi) is 6.95. The zero-order chi connectivity index (χ0) is 18.2. The van der Waals surface area contributed by atoms with Crippen LogP contribution in [-0.2, 0) is 22.5 Å². The fourth-order valence-electron chi connectivity index (χ4n) is 2.70. The Bertz CT molecular complexity index is 729. The van der Waals surface area contributed by atoms with Gasteiger partial charge in [0, 0.05) is 18.3 Å². The maximum absolute atomic E-state index is 11.8. The molecule has 1 aromatic heterocycles. The molecule has 0 amide bonds. The topological polar surface area (TPSA) is 60.5 Å². The number of ether oxygens (including phenoxy) is 2. The number of carbonyl (C=O) groups is 1. The maximum Gasteiger partial charge on any atom is 0.310 e. The second kappa shape index (κ2) is 9.18. The van der Waals surface area contributed by atoms with E-state index in [-0.39, 0.29) is 12.4 Å². The van der Waals surface area contributed by atoms with E-state index < -0.39 is 0 Å². The molecule has 0 saturated carbocycles. The zero-order valence-electron chi connectivity index (χ0n) is 15.4. The second-order valence-corrected chi connectivity index (χ2v) is 5.82. The summed E-state index contributed by atoms with van der Waals surface area (Å²) in [5, 5.41) is 3.35. The van der Waals surface area contributed by atoms with Gasteiger partial charge in [-0.1, -0.05) is 19.1 Å². The van der Waals surface area contributed by atoms with E-state index in [4.69, 9.17) is 9.47 Å². The lowest BCUT2D eigenvalue weighted by Gasteiger charge is -2.15.